The van der Waals surface area contributed by atoms with Crippen molar-refractivity contribution in [2.45, 2.75) is 25.5 Å². The molecule has 0 spiro atoms. The smallest absolute Gasteiger partial charge is 0.235 e. The molecule has 130 valence electrons. The second-order valence-corrected chi connectivity index (χ2v) is 8.62. The number of aromatic nitrogens is 2. The van der Waals surface area contributed by atoms with Gasteiger partial charge in [-0.2, -0.15) is 5.10 Å². The third-order valence-electron chi connectivity index (χ3n) is 3.51. The van der Waals surface area contributed by atoms with Crippen LogP contribution in [0.15, 0.2) is 34.9 Å². The maximum atomic E-state index is 12.1. The quantitative estimate of drug-likeness (QED) is 0.648. The van der Waals surface area contributed by atoms with Gasteiger partial charge in [0.05, 0.1) is 11.9 Å². The topological polar surface area (TPSA) is 91.9 Å². The van der Waals surface area contributed by atoms with Crippen LogP contribution in [0.2, 0.25) is 0 Å². The first-order chi connectivity index (χ1) is 11.4. The number of carbonyl (C=O) groups is 1. The Labute approximate surface area is 150 Å². The molecular weight excluding hydrogens is 394 g/mol. The van der Waals surface area contributed by atoms with Crippen molar-refractivity contribution in [2.24, 2.45) is 0 Å². The van der Waals surface area contributed by atoms with Gasteiger partial charge in [0.1, 0.15) is 5.75 Å². The average molecular weight is 414 g/mol. The summed E-state index contributed by atoms with van der Waals surface area (Å²) >= 11 is 3.30. The highest BCUT2D eigenvalue weighted by molar-refractivity contribution is 9.10. The lowest BCUT2D eigenvalue weighted by Crippen LogP contribution is -2.31. The van der Waals surface area contributed by atoms with E-state index in [9.17, 15) is 13.2 Å². The molecule has 2 aromatic rings. The highest BCUT2D eigenvalue weighted by atomic mass is 79.9. The lowest BCUT2D eigenvalue weighted by Gasteiger charge is -2.07. The first kappa shape index (κ1) is 18.7. The van der Waals surface area contributed by atoms with E-state index >= 15 is 0 Å². The SMILES string of the molecule is Cc1[nH]ncc1CCCNC(=O)CS(=O)(=O)Cc1cccc(Br)c1. The van der Waals surface area contributed by atoms with Gasteiger partial charge in [0.2, 0.25) is 5.91 Å². The maximum Gasteiger partial charge on any atom is 0.235 e. The first-order valence-corrected chi connectivity index (χ1v) is 10.2. The Bertz CT molecular complexity index is 802. The Balaban J connectivity index is 1.75. The average Bonchev–Trinajstić information content (AvgIpc) is 2.88. The largest absolute Gasteiger partial charge is 0.355 e. The van der Waals surface area contributed by atoms with Crippen molar-refractivity contribution >= 4 is 31.7 Å². The predicted molar refractivity (Wildman–Crippen MR) is 96.3 cm³/mol. The highest BCUT2D eigenvalue weighted by Crippen LogP contribution is 2.14. The molecule has 0 radical (unpaired) electrons. The molecule has 0 aliphatic rings. The molecule has 6 nitrogen and oxygen atoms in total. The molecule has 1 aromatic heterocycles. The van der Waals surface area contributed by atoms with E-state index in [1.54, 1.807) is 24.4 Å². The van der Waals surface area contributed by atoms with Crippen molar-refractivity contribution in [3.63, 3.8) is 0 Å². The Morgan fingerprint density at radius 3 is 2.83 bits per heavy atom. The zero-order chi connectivity index (χ0) is 17.6. The number of aromatic amines is 1. The van der Waals surface area contributed by atoms with Gasteiger partial charge in [-0.25, -0.2) is 8.42 Å². The minimum atomic E-state index is -3.49. The summed E-state index contributed by atoms with van der Waals surface area (Å²) in [5.74, 6) is -1.10. The van der Waals surface area contributed by atoms with Crippen molar-refractivity contribution in [2.75, 3.05) is 12.3 Å². The van der Waals surface area contributed by atoms with Crippen LogP contribution in [-0.4, -0.2) is 36.8 Å². The van der Waals surface area contributed by atoms with E-state index in [1.165, 1.54) is 0 Å². The molecular formula is C16H20BrN3O3S. The van der Waals surface area contributed by atoms with E-state index in [-0.39, 0.29) is 5.75 Å². The molecule has 24 heavy (non-hydrogen) atoms. The number of benzene rings is 1. The third-order valence-corrected chi connectivity index (χ3v) is 5.47. The van der Waals surface area contributed by atoms with Crippen LogP contribution in [0.5, 0.6) is 0 Å². The summed E-state index contributed by atoms with van der Waals surface area (Å²) in [6.07, 6.45) is 3.28. The Morgan fingerprint density at radius 2 is 2.17 bits per heavy atom. The Hall–Kier alpha value is -1.67. The molecule has 0 aliphatic heterocycles. The number of rotatable bonds is 8. The maximum absolute atomic E-state index is 12.1. The van der Waals surface area contributed by atoms with E-state index in [0.717, 1.165) is 28.6 Å². The van der Waals surface area contributed by atoms with Crippen molar-refractivity contribution in [1.82, 2.24) is 15.5 Å². The van der Waals surface area contributed by atoms with Gasteiger partial charge in [-0.1, -0.05) is 28.1 Å². The standard InChI is InChI=1S/C16H20BrN3O3S/c1-12-14(9-19-20-12)5-3-7-18-16(21)11-24(22,23)10-13-4-2-6-15(17)8-13/h2,4,6,8-9H,3,5,7,10-11H2,1H3,(H,18,21)(H,19,20). The second kappa shape index (κ2) is 8.43. The van der Waals surface area contributed by atoms with Gasteiger partial charge in [-0.05, 0) is 43.0 Å². The number of hydrogen-bond acceptors (Lipinski definition) is 4. The normalized spacial score (nSPS) is 11.4. The van der Waals surface area contributed by atoms with Crippen LogP contribution in [0.4, 0.5) is 0 Å². The van der Waals surface area contributed by atoms with Crippen LogP contribution < -0.4 is 5.32 Å². The van der Waals surface area contributed by atoms with Crippen molar-refractivity contribution in [3.8, 4) is 0 Å². The molecule has 2 rings (SSSR count). The number of halogens is 1. The first-order valence-electron chi connectivity index (χ1n) is 7.56. The molecule has 0 fully saturated rings. The highest BCUT2D eigenvalue weighted by Gasteiger charge is 2.17. The summed E-state index contributed by atoms with van der Waals surface area (Å²) in [6, 6.07) is 7.06. The van der Waals surface area contributed by atoms with Gasteiger partial charge in [0, 0.05) is 16.7 Å². The summed E-state index contributed by atoms with van der Waals surface area (Å²) in [4.78, 5) is 11.8. The number of nitrogens with zero attached hydrogens (tertiary/aromatic N) is 1. The van der Waals surface area contributed by atoms with Crippen molar-refractivity contribution in [3.05, 3.63) is 51.8 Å². The molecule has 0 bridgehead atoms. The summed E-state index contributed by atoms with van der Waals surface area (Å²) < 4.78 is 25.0. The zero-order valence-corrected chi connectivity index (χ0v) is 15.8. The number of H-pyrrole nitrogens is 1. The molecule has 0 aliphatic carbocycles. The fourth-order valence-electron chi connectivity index (χ4n) is 2.32. The third kappa shape index (κ3) is 6.09. The summed E-state index contributed by atoms with van der Waals surface area (Å²) in [5, 5.41) is 9.45. The van der Waals surface area contributed by atoms with E-state index in [0.29, 0.717) is 12.1 Å². The van der Waals surface area contributed by atoms with E-state index in [4.69, 9.17) is 0 Å². The lowest BCUT2D eigenvalue weighted by atomic mass is 10.1. The Kier molecular flexibility index (Phi) is 6.56. The summed E-state index contributed by atoms with van der Waals surface area (Å²) in [6.45, 7) is 2.38. The minimum absolute atomic E-state index is 0.145. The fraction of sp³-hybridized carbons (Fsp3) is 0.375. The number of sulfone groups is 1. The molecule has 0 saturated carbocycles. The van der Waals surface area contributed by atoms with Crippen LogP contribution in [0, 0.1) is 6.92 Å². The molecule has 0 atom stereocenters. The van der Waals surface area contributed by atoms with Gasteiger partial charge in [-0.3, -0.25) is 9.89 Å². The number of nitrogens with one attached hydrogen (secondary N) is 2. The molecule has 1 heterocycles. The van der Waals surface area contributed by atoms with Crippen molar-refractivity contribution in [1.29, 1.82) is 0 Å². The number of carbonyl (C=O) groups excluding carboxylic acids is 1. The fourth-order valence-corrected chi connectivity index (χ4v) is 4.05. The van der Waals surface area contributed by atoms with Gasteiger partial charge >= 0.3 is 0 Å². The van der Waals surface area contributed by atoms with Crippen LogP contribution in [0.3, 0.4) is 0 Å². The molecule has 2 N–H and O–H groups in total. The number of amides is 1. The molecule has 1 aromatic carbocycles. The summed E-state index contributed by atoms with van der Waals surface area (Å²) in [7, 11) is -3.49. The number of aryl methyl sites for hydroxylation is 2. The second-order valence-electron chi connectivity index (χ2n) is 5.64. The van der Waals surface area contributed by atoms with Gasteiger partial charge in [0.15, 0.2) is 9.84 Å². The van der Waals surface area contributed by atoms with Crippen LogP contribution in [0.1, 0.15) is 23.2 Å². The number of hydrogen-bond donors (Lipinski definition) is 2. The molecule has 8 heteroatoms. The van der Waals surface area contributed by atoms with Gasteiger partial charge < -0.3 is 5.32 Å². The molecule has 1 amide bonds. The minimum Gasteiger partial charge on any atom is -0.355 e. The van der Waals surface area contributed by atoms with Crippen LogP contribution in [0.25, 0.3) is 0 Å². The van der Waals surface area contributed by atoms with Crippen LogP contribution >= 0.6 is 15.9 Å². The molecule has 0 unspecified atom stereocenters. The Morgan fingerprint density at radius 1 is 1.38 bits per heavy atom. The predicted octanol–water partition coefficient (Wildman–Crippen LogP) is 2.14. The monoisotopic (exact) mass is 413 g/mol. The van der Waals surface area contributed by atoms with E-state index in [2.05, 4.69) is 31.4 Å². The van der Waals surface area contributed by atoms with Crippen molar-refractivity contribution < 1.29 is 13.2 Å². The van der Waals surface area contributed by atoms with E-state index in [1.807, 2.05) is 13.0 Å². The van der Waals surface area contributed by atoms with Gasteiger partial charge in [-0.15, -0.1) is 0 Å². The van der Waals surface area contributed by atoms with Crippen LogP contribution in [-0.2, 0) is 26.8 Å². The lowest BCUT2D eigenvalue weighted by molar-refractivity contribution is -0.118. The molecule has 0 saturated heterocycles. The van der Waals surface area contributed by atoms with E-state index < -0.39 is 21.5 Å². The zero-order valence-electron chi connectivity index (χ0n) is 13.4. The summed E-state index contributed by atoms with van der Waals surface area (Å²) in [5.41, 5.74) is 2.78. The van der Waals surface area contributed by atoms with Gasteiger partial charge in [0.25, 0.3) is 0 Å².